The van der Waals surface area contributed by atoms with Crippen LogP contribution in [0.5, 0.6) is 11.5 Å². The fourth-order valence-corrected chi connectivity index (χ4v) is 3.78. The van der Waals surface area contributed by atoms with E-state index in [1.807, 2.05) is 0 Å². The number of amides is 1. The molecule has 0 spiro atoms. The van der Waals surface area contributed by atoms with Gasteiger partial charge in [0.2, 0.25) is 0 Å². The standard InChI is InChI=1S/C21H19F2NO4/c22-18-8-7-15(9-19(18)23)28-14-5-3-13(4-6-14)20(25)24-10-16(12-1-2-12)17(11-24)21(26)27/h3-9,12,16-17H,1-2,10-11H2,(H,26,27)/t16-,17+/m1/s1. The summed E-state index contributed by atoms with van der Waals surface area (Å²) in [4.78, 5) is 25.9. The molecular weight excluding hydrogens is 368 g/mol. The monoisotopic (exact) mass is 387 g/mol. The van der Waals surface area contributed by atoms with Crippen molar-refractivity contribution < 1.29 is 28.2 Å². The number of hydrogen-bond acceptors (Lipinski definition) is 3. The van der Waals surface area contributed by atoms with E-state index in [1.165, 1.54) is 6.07 Å². The van der Waals surface area contributed by atoms with E-state index < -0.39 is 23.5 Å². The van der Waals surface area contributed by atoms with Crippen LogP contribution in [0.2, 0.25) is 0 Å². The van der Waals surface area contributed by atoms with Crippen molar-refractivity contribution >= 4 is 11.9 Å². The molecule has 146 valence electrons. The highest BCUT2D eigenvalue weighted by molar-refractivity contribution is 5.95. The largest absolute Gasteiger partial charge is 0.481 e. The van der Waals surface area contributed by atoms with Gasteiger partial charge >= 0.3 is 5.97 Å². The summed E-state index contributed by atoms with van der Waals surface area (Å²) < 4.78 is 31.7. The number of rotatable bonds is 5. The number of ether oxygens (including phenoxy) is 1. The molecule has 1 N–H and O–H groups in total. The van der Waals surface area contributed by atoms with E-state index in [1.54, 1.807) is 29.2 Å². The molecule has 2 fully saturated rings. The van der Waals surface area contributed by atoms with Crippen molar-refractivity contribution in [3.63, 3.8) is 0 Å². The Morgan fingerprint density at radius 3 is 2.25 bits per heavy atom. The second-order valence-corrected chi connectivity index (χ2v) is 7.36. The van der Waals surface area contributed by atoms with Crippen molar-refractivity contribution in [3.05, 3.63) is 59.7 Å². The minimum Gasteiger partial charge on any atom is -0.481 e. The Bertz CT molecular complexity index is 911. The molecule has 5 nitrogen and oxygen atoms in total. The number of carboxylic acids is 1. The maximum atomic E-state index is 13.3. The first kappa shape index (κ1) is 18.4. The number of carbonyl (C=O) groups is 2. The van der Waals surface area contributed by atoms with Gasteiger partial charge in [-0.3, -0.25) is 9.59 Å². The van der Waals surface area contributed by atoms with Crippen molar-refractivity contribution in [2.45, 2.75) is 12.8 Å². The summed E-state index contributed by atoms with van der Waals surface area (Å²) in [7, 11) is 0. The van der Waals surface area contributed by atoms with Crippen molar-refractivity contribution in [1.29, 1.82) is 0 Å². The average Bonchev–Trinajstić information content (AvgIpc) is 3.42. The molecule has 0 aromatic heterocycles. The second kappa shape index (κ2) is 7.22. The zero-order chi connectivity index (χ0) is 19.8. The van der Waals surface area contributed by atoms with E-state index in [4.69, 9.17) is 4.74 Å². The van der Waals surface area contributed by atoms with Gasteiger partial charge in [0.15, 0.2) is 11.6 Å². The Morgan fingerprint density at radius 1 is 0.964 bits per heavy atom. The Hall–Kier alpha value is -2.96. The lowest BCUT2D eigenvalue weighted by Gasteiger charge is -2.16. The smallest absolute Gasteiger partial charge is 0.308 e. The van der Waals surface area contributed by atoms with Gasteiger partial charge in [0.05, 0.1) is 5.92 Å². The molecule has 1 heterocycles. The van der Waals surface area contributed by atoms with Crippen LogP contribution in [-0.4, -0.2) is 35.0 Å². The van der Waals surface area contributed by atoms with Gasteiger partial charge in [0, 0.05) is 24.7 Å². The first-order valence-electron chi connectivity index (χ1n) is 9.17. The maximum Gasteiger partial charge on any atom is 0.308 e. The SMILES string of the molecule is O=C(O)[C@H]1CN(C(=O)c2ccc(Oc3ccc(F)c(F)c3)cc2)C[C@@H]1C1CC1. The summed E-state index contributed by atoms with van der Waals surface area (Å²) in [6.45, 7) is 0.690. The molecule has 1 saturated heterocycles. The molecule has 1 aliphatic carbocycles. The molecule has 2 aromatic rings. The zero-order valence-corrected chi connectivity index (χ0v) is 15.0. The summed E-state index contributed by atoms with van der Waals surface area (Å²) in [6, 6.07) is 9.53. The predicted octanol–water partition coefficient (Wildman–Crippen LogP) is 3.94. The number of benzene rings is 2. The molecule has 2 aromatic carbocycles. The molecule has 2 aliphatic rings. The van der Waals surface area contributed by atoms with E-state index in [2.05, 4.69) is 0 Å². The summed E-state index contributed by atoms with van der Waals surface area (Å²) in [6.07, 6.45) is 2.07. The second-order valence-electron chi connectivity index (χ2n) is 7.36. The number of carboxylic acid groups (broad SMARTS) is 1. The lowest BCUT2D eigenvalue weighted by Crippen LogP contribution is -2.29. The molecule has 0 radical (unpaired) electrons. The lowest BCUT2D eigenvalue weighted by atomic mass is 9.92. The highest BCUT2D eigenvalue weighted by Crippen LogP contribution is 2.44. The van der Waals surface area contributed by atoms with Crippen LogP contribution in [-0.2, 0) is 4.79 Å². The first-order valence-corrected chi connectivity index (χ1v) is 9.17. The number of nitrogens with zero attached hydrogens (tertiary/aromatic N) is 1. The minimum atomic E-state index is -1.00. The predicted molar refractivity (Wildman–Crippen MR) is 96.1 cm³/mol. The summed E-state index contributed by atoms with van der Waals surface area (Å²) in [5.41, 5.74) is 0.429. The summed E-state index contributed by atoms with van der Waals surface area (Å²) in [5, 5.41) is 9.44. The molecule has 1 amide bonds. The van der Waals surface area contributed by atoms with Crippen LogP contribution in [0.15, 0.2) is 42.5 Å². The van der Waals surface area contributed by atoms with Gasteiger partial charge in [0.1, 0.15) is 11.5 Å². The summed E-state index contributed by atoms with van der Waals surface area (Å²) in [5.74, 6) is -2.57. The van der Waals surface area contributed by atoms with E-state index in [9.17, 15) is 23.5 Å². The first-order chi connectivity index (χ1) is 13.4. The third kappa shape index (κ3) is 3.69. The van der Waals surface area contributed by atoms with E-state index in [-0.39, 0.29) is 24.1 Å². The fraction of sp³-hybridized carbons (Fsp3) is 0.333. The molecular formula is C21H19F2NO4. The third-order valence-corrected chi connectivity index (χ3v) is 5.43. The lowest BCUT2D eigenvalue weighted by molar-refractivity contribution is -0.142. The Balaban J connectivity index is 1.44. The quantitative estimate of drug-likeness (QED) is 0.844. The fourth-order valence-electron chi connectivity index (χ4n) is 3.78. The molecule has 2 atom stereocenters. The molecule has 1 aliphatic heterocycles. The molecule has 7 heteroatoms. The number of halogens is 2. The number of likely N-dealkylation sites (tertiary alicyclic amines) is 1. The van der Waals surface area contributed by atoms with Crippen LogP contribution < -0.4 is 4.74 Å². The van der Waals surface area contributed by atoms with Gasteiger partial charge < -0.3 is 14.7 Å². The van der Waals surface area contributed by atoms with Crippen molar-refractivity contribution in [1.82, 2.24) is 4.90 Å². The van der Waals surface area contributed by atoms with Crippen LogP contribution in [0, 0.1) is 29.4 Å². The average molecular weight is 387 g/mol. The third-order valence-electron chi connectivity index (χ3n) is 5.43. The van der Waals surface area contributed by atoms with Crippen LogP contribution in [0.3, 0.4) is 0 Å². The van der Waals surface area contributed by atoms with E-state index >= 15 is 0 Å². The van der Waals surface area contributed by atoms with Gasteiger partial charge in [-0.25, -0.2) is 8.78 Å². The van der Waals surface area contributed by atoms with Crippen LogP contribution in [0.4, 0.5) is 8.78 Å². The van der Waals surface area contributed by atoms with Crippen molar-refractivity contribution in [2.75, 3.05) is 13.1 Å². The van der Waals surface area contributed by atoms with Crippen molar-refractivity contribution in [3.8, 4) is 11.5 Å². The Kier molecular flexibility index (Phi) is 4.75. The van der Waals surface area contributed by atoms with E-state index in [0.29, 0.717) is 23.8 Å². The Morgan fingerprint density at radius 2 is 1.64 bits per heavy atom. The molecule has 1 saturated carbocycles. The van der Waals surface area contributed by atoms with Crippen LogP contribution >= 0.6 is 0 Å². The summed E-state index contributed by atoms with van der Waals surface area (Å²) >= 11 is 0. The molecule has 28 heavy (non-hydrogen) atoms. The van der Waals surface area contributed by atoms with Gasteiger partial charge in [0.25, 0.3) is 5.91 Å². The van der Waals surface area contributed by atoms with Crippen LogP contribution in [0.1, 0.15) is 23.2 Å². The highest BCUT2D eigenvalue weighted by Gasteiger charge is 2.46. The van der Waals surface area contributed by atoms with Crippen molar-refractivity contribution in [2.24, 2.45) is 17.8 Å². The maximum absolute atomic E-state index is 13.3. The Labute approximate surface area is 160 Å². The van der Waals surface area contributed by atoms with E-state index in [0.717, 1.165) is 25.0 Å². The number of carbonyl (C=O) groups excluding carboxylic acids is 1. The van der Waals surface area contributed by atoms with Gasteiger partial charge in [-0.1, -0.05) is 0 Å². The zero-order valence-electron chi connectivity index (χ0n) is 15.0. The van der Waals surface area contributed by atoms with Gasteiger partial charge in [-0.05, 0) is 61.1 Å². The van der Waals surface area contributed by atoms with Crippen LogP contribution in [0.25, 0.3) is 0 Å². The molecule has 0 unspecified atom stereocenters. The minimum absolute atomic E-state index is 0.0254. The number of hydrogen-bond donors (Lipinski definition) is 1. The molecule has 4 rings (SSSR count). The normalized spacial score (nSPS) is 21.6. The topological polar surface area (TPSA) is 66.8 Å². The highest BCUT2D eigenvalue weighted by atomic mass is 19.2. The molecule has 0 bridgehead atoms. The van der Waals surface area contributed by atoms with Gasteiger partial charge in [-0.2, -0.15) is 0 Å². The number of aliphatic carboxylic acids is 1. The van der Waals surface area contributed by atoms with Gasteiger partial charge in [-0.15, -0.1) is 0 Å².